The van der Waals surface area contributed by atoms with E-state index in [1.165, 1.54) is 88.4 Å². The third-order valence-corrected chi connectivity index (χ3v) is 14.7. The van der Waals surface area contributed by atoms with Crippen molar-refractivity contribution in [3.63, 3.8) is 0 Å². The summed E-state index contributed by atoms with van der Waals surface area (Å²) in [7, 11) is 0. The molecule has 0 aliphatic heterocycles. The topological polar surface area (TPSA) is 78.5 Å². The SMILES string of the molecule is O=C1/C(=C/c2ccc(-n3nncc3C34CC5CC(CC(C5)C3)C4)cc2)CCC/C1=C\c1ccc(-n2nncc2C23CC4CC(CC(C4)C2)C3)cc1. The van der Waals surface area contributed by atoms with E-state index in [2.05, 4.69) is 90.7 Å². The number of aromatic nitrogens is 6. The van der Waals surface area contributed by atoms with Crippen molar-refractivity contribution >= 4 is 17.9 Å². The first-order valence-electron chi connectivity index (χ1n) is 20.0. The number of ketones is 1. The zero-order valence-corrected chi connectivity index (χ0v) is 29.6. The van der Waals surface area contributed by atoms with Gasteiger partial charge in [0.2, 0.25) is 0 Å². The molecule has 0 saturated heterocycles. The first-order chi connectivity index (χ1) is 25.0. The second-order valence-corrected chi connectivity index (χ2v) is 18.2. The smallest absolute Gasteiger partial charge is 0.185 e. The van der Waals surface area contributed by atoms with Gasteiger partial charge in [-0.05, 0) is 179 Å². The van der Waals surface area contributed by atoms with Gasteiger partial charge in [-0.1, -0.05) is 34.7 Å². The van der Waals surface area contributed by atoms with Gasteiger partial charge in [0.15, 0.2) is 5.78 Å². The molecule has 51 heavy (non-hydrogen) atoms. The Labute approximate surface area is 300 Å². The predicted molar refractivity (Wildman–Crippen MR) is 197 cm³/mol. The van der Waals surface area contributed by atoms with Gasteiger partial charge in [0, 0.05) is 22.0 Å². The van der Waals surface area contributed by atoms with E-state index in [0.717, 1.165) is 88.4 Å². The number of benzene rings is 2. The second-order valence-electron chi connectivity index (χ2n) is 18.2. The fourth-order valence-corrected chi connectivity index (χ4v) is 13.4. The van der Waals surface area contributed by atoms with E-state index in [9.17, 15) is 4.79 Å². The third-order valence-electron chi connectivity index (χ3n) is 14.7. The molecule has 0 N–H and O–H groups in total. The monoisotopic (exact) mass is 676 g/mol. The summed E-state index contributed by atoms with van der Waals surface area (Å²) in [5.74, 6) is 5.45. The van der Waals surface area contributed by atoms with Crippen LogP contribution in [0.15, 0.2) is 72.1 Å². The van der Waals surface area contributed by atoms with E-state index in [4.69, 9.17) is 0 Å². The summed E-state index contributed by atoms with van der Waals surface area (Å²) < 4.78 is 4.21. The number of carbonyl (C=O) groups is 1. The number of rotatable bonds is 6. The molecule has 13 rings (SSSR count). The molecule has 0 amide bonds. The molecule has 9 fully saturated rings. The maximum absolute atomic E-state index is 13.8. The maximum atomic E-state index is 13.8. The van der Waals surface area contributed by atoms with Crippen molar-refractivity contribution in [2.24, 2.45) is 35.5 Å². The van der Waals surface area contributed by atoms with Crippen molar-refractivity contribution in [2.45, 2.75) is 107 Å². The van der Waals surface area contributed by atoms with Crippen molar-refractivity contribution in [3.05, 3.63) is 94.6 Å². The minimum atomic E-state index is 0.176. The standard InChI is InChI=1S/C44H48N6O/c51-42-36(18-28-4-8-38(9-5-28)49-40(26-45-47-49)43-20-30-12-31(21-43)14-32(13-30)22-43)2-1-3-37(42)19-29-6-10-39(11-7-29)50-41(27-46-48-50)44-23-33-15-34(24-44)17-35(16-33)25-44/h4-11,18-19,26-27,30-35H,1-3,12-17,20-25H2/b36-18+,37-19+. The summed E-state index contributed by atoms with van der Waals surface area (Å²) in [4.78, 5) is 13.8. The number of hydrogen-bond acceptors (Lipinski definition) is 5. The highest BCUT2D eigenvalue weighted by atomic mass is 16.1. The van der Waals surface area contributed by atoms with Crippen molar-refractivity contribution in [3.8, 4) is 11.4 Å². The Kier molecular flexibility index (Phi) is 6.84. The van der Waals surface area contributed by atoms with Crippen LogP contribution in [0, 0.1) is 35.5 Å². The normalized spacial score (nSPS) is 36.5. The molecule has 0 radical (unpaired) electrons. The molecule has 0 unspecified atom stereocenters. The summed E-state index contributed by atoms with van der Waals surface area (Å²) in [5, 5.41) is 18.0. The van der Waals surface area contributed by atoms with Gasteiger partial charge >= 0.3 is 0 Å². The Bertz CT molecular complexity index is 1850. The van der Waals surface area contributed by atoms with Gasteiger partial charge in [0.25, 0.3) is 0 Å². The summed E-state index contributed by atoms with van der Waals surface area (Å²) in [6.07, 6.45) is 27.2. The quantitative estimate of drug-likeness (QED) is 0.191. The molecule has 260 valence electrons. The molecule has 0 atom stereocenters. The maximum Gasteiger partial charge on any atom is 0.185 e. The molecule has 9 aliphatic carbocycles. The van der Waals surface area contributed by atoms with E-state index in [-0.39, 0.29) is 16.6 Å². The number of hydrogen-bond donors (Lipinski definition) is 0. The predicted octanol–water partition coefficient (Wildman–Crippen LogP) is 9.00. The molecule has 2 aromatic carbocycles. The highest BCUT2D eigenvalue weighted by molar-refractivity contribution is 6.14. The minimum absolute atomic E-state index is 0.176. The summed E-state index contributed by atoms with van der Waals surface area (Å²) in [5.41, 5.74) is 9.15. The lowest BCUT2D eigenvalue weighted by atomic mass is 9.49. The van der Waals surface area contributed by atoms with E-state index >= 15 is 0 Å². The van der Waals surface area contributed by atoms with Crippen LogP contribution < -0.4 is 0 Å². The van der Waals surface area contributed by atoms with Crippen molar-refractivity contribution < 1.29 is 4.79 Å². The average Bonchev–Trinajstić information content (AvgIpc) is 3.82. The molecular formula is C44H48N6O. The van der Waals surface area contributed by atoms with E-state index in [1.807, 2.05) is 12.4 Å². The van der Waals surface area contributed by atoms with E-state index in [1.54, 1.807) is 0 Å². The van der Waals surface area contributed by atoms with Crippen LogP contribution in [-0.4, -0.2) is 35.8 Å². The first kappa shape index (κ1) is 30.5. The van der Waals surface area contributed by atoms with Gasteiger partial charge in [-0.2, -0.15) is 0 Å². The number of carbonyl (C=O) groups excluding carboxylic acids is 1. The fraction of sp³-hybridized carbons (Fsp3) is 0.523. The Hall–Kier alpha value is -4.13. The van der Waals surface area contributed by atoms with Crippen LogP contribution in [-0.2, 0) is 15.6 Å². The highest BCUT2D eigenvalue weighted by Crippen LogP contribution is 2.62. The molecule has 2 heterocycles. The molecule has 7 nitrogen and oxygen atoms in total. The Morgan fingerprint density at radius 3 is 1.24 bits per heavy atom. The number of Topliss-reactive ketones (excluding diaryl/α,β-unsaturated/α-hetero) is 1. The van der Waals surface area contributed by atoms with Crippen LogP contribution in [0.5, 0.6) is 0 Å². The molecule has 7 heteroatoms. The van der Waals surface area contributed by atoms with Crippen LogP contribution in [0.1, 0.15) is 119 Å². The Morgan fingerprint density at radius 2 is 0.882 bits per heavy atom. The van der Waals surface area contributed by atoms with Crippen molar-refractivity contribution in [2.75, 3.05) is 0 Å². The van der Waals surface area contributed by atoms with Gasteiger partial charge < -0.3 is 0 Å². The zero-order chi connectivity index (χ0) is 33.7. The summed E-state index contributed by atoms with van der Waals surface area (Å²) in [6, 6.07) is 17.2. The van der Waals surface area contributed by atoms with Crippen LogP contribution in [0.2, 0.25) is 0 Å². The van der Waals surface area contributed by atoms with Crippen LogP contribution in [0.4, 0.5) is 0 Å². The molecule has 9 saturated carbocycles. The van der Waals surface area contributed by atoms with E-state index in [0.29, 0.717) is 0 Å². The molecule has 4 aromatic rings. The van der Waals surface area contributed by atoms with Gasteiger partial charge in [-0.3, -0.25) is 4.79 Å². The van der Waals surface area contributed by atoms with Crippen LogP contribution in [0.25, 0.3) is 23.5 Å². The first-order valence-corrected chi connectivity index (χ1v) is 20.0. The number of allylic oxidation sites excluding steroid dienone is 2. The Morgan fingerprint density at radius 1 is 0.529 bits per heavy atom. The van der Waals surface area contributed by atoms with Crippen molar-refractivity contribution in [1.82, 2.24) is 30.0 Å². The van der Waals surface area contributed by atoms with Crippen LogP contribution >= 0.6 is 0 Å². The average molecular weight is 677 g/mol. The van der Waals surface area contributed by atoms with Gasteiger partial charge in [-0.15, -0.1) is 10.2 Å². The molecular weight excluding hydrogens is 629 g/mol. The lowest BCUT2D eigenvalue weighted by molar-refractivity contribution is -0.112. The largest absolute Gasteiger partial charge is 0.289 e. The summed E-state index contributed by atoms with van der Waals surface area (Å²) >= 11 is 0. The lowest BCUT2D eigenvalue weighted by Crippen LogP contribution is -2.49. The Balaban J connectivity index is 0.806. The molecule has 8 bridgehead atoms. The fourth-order valence-electron chi connectivity index (χ4n) is 13.4. The van der Waals surface area contributed by atoms with Gasteiger partial charge in [0.05, 0.1) is 35.2 Å². The third kappa shape index (κ3) is 5.08. The molecule has 2 aromatic heterocycles. The summed E-state index contributed by atoms with van der Waals surface area (Å²) in [6.45, 7) is 0. The molecule has 9 aliphatic rings. The molecule has 0 spiro atoms. The van der Waals surface area contributed by atoms with Gasteiger partial charge in [0.1, 0.15) is 0 Å². The number of nitrogens with zero attached hydrogens (tertiary/aromatic N) is 6. The lowest BCUT2D eigenvalue weighted by Gasteiger charge is -2.56. The minimum Gasteiger partial charge on any atom is -0.289 e. The second kappa shape index (κ2) is 11.4. The van der Waals surface area contributed by atoms with Crippen LogP contribution in [0.3, 0.4) is 0 Å². The zero-order valence-electron chi connectivity index (χ0n) is 29.6. The van der Waals surface area contributed by atoms with Gasteiger partial charge in [-0.25, -0.2) is 9.36 Å². The van der Waals surface area contributed by atoms with E-state index < -0.39 is 0 Å². The van der Waals surface area contributed by atoms with Crippen molar-refractivity contribution in [1.29, 1.82) is 0 Å². The highest BCUT2D eigenvalue weighted by Gasteiger charge is 2.54.